The molecule has 0 fully saturated rings. The minimum Gasteiger partial charge on any atom is -0.480 e. The van der Waals surface area contributed by atoms with Crippen LogP contribution in [0.1, 0.15) is 27.2 Å². The van der Waals surface area contributed by atoms with E-state index in [1.54, 1.807) is 0 Å². The lowest BCUT2D eigenvalue weighted by Gasteiger charge is -2.21. The van der Waals surface area contributed by atoms with E-state index >= 15 is 0 Å². The Morgan fingerprint density at radius 2 is 1.84 bits per heavy atom. The zero-order chi connectivity index (χ0) is 15.0. The van der Waals surface area contributed by atoms with Gasteiger partial charge in [-0.25, -0.2) is 9.59 Å². The van der Waals surface area contributed by atoms with Gasteiger partial charge in [-0.15, -0.1) is 0 Å². The fourth-order valence-electron chi connectivity index (χ4n) is 1.37. The maximum atomic E-state index is 11.4. The maximum Gasteiger partial charge on any atom is 0.328 e. The molecule has 2 amide bonds. The molecular formula is C12H25N3O4. The first-order valence-electron chi connectivity index (χ1n) is 6.41. The van der Waals surface area contributed by atoms with E-state index in [4.69, 9.17) is 5.11 Å². The molecule has 0 bridgehead atoms. The number of hydrogen-bond acceptors (Lipinski definition) is 4. The highest BCUT2D eigenvalue weighted by Gasteiger charge is 2.24. The number of carbonyl (C=O) groups is 2. The molecule has 0 heterocycles. The fraction of sp³-hybridized carbons (Fsp3) is 0.833. The molecule has 0 aliphatic heterocycles. The number of aliphatic hydroxyl groups excluding tert-OH is 1. The minimum atomic E-state index is -1.29. The van der Waals surface area contributed by atoms with Crippen molar-refractivity contribution in [1.29, 1.82) is 0 Å². The normalized spacial score (nSPS) is 14.3. The van der Waals surface area contributed by atoms with Gasteiger partial charge < -0.3 is 25.7 Å². The van der Waals surface area contributed by atoms with Gasteiger partial charge in [0, 0.05) is 12.6 Å². The van der Waals surface area contributed by atoms with Gasteiger partial charge in [-0.2, -0.15) is 0 Å². The van der Waals surface area contributed by atoms with Crippen LogP contribution < -0.4 is 10.6 Å². The van der Waals surface area contributed by atoms with Crippen LogP contribution in [0.4, 0.5) is 4.79 Å². The first-order valence-corrected chi connectivity index (χ1v) is 6.41. The Morgan fingerprint density at radius 1 is 1.26 bits per heavy atom. The number of aliphatic carboxylic acids is 1. The lowest BCUT2D eigenvalue weighted by Crippen LogP contribution is -2.51. The molecule has 0 unspecified atom stereocenters. The molecule has 7 heteroatoms. The van der Waals surface area contributed by atoms with Crippen molar-refractivity contribution in [3.8, 4) is 0 Å². The van der Waals surface area contributed by atoms with E-state index in [2.05, 4.69) is 29.4 Å². The van der Waals surface area contributed by atoms with Gasteiger partial charge in [0.15, 0.2) is 6.04 Å². The monoisotopic (exact) mass is 275 g/mol. The van der Waals surface area contributed by atoms with Crippen LogP contribution in [-0.2, 0) is 4.79 Å². The number of nitrogens with zero attached hydrogens (tertiary/aromatic N) is 1. The average Bonchev–Trinajstić information content (AvgIpc) is 2.30. The molecule has 0 saturated heterocycles. The van der Waals surface area contributed by atoms with E-state index in [0.29, 0.717) is 12.6 Å². The van der Waals surface area contributed by atoms with Crippen LogP contribution >= 0.6 is 0 Å². The summed E-state index contributed by atoms with van der Waals surface area (Å²) in [6, 6.07) is -1.43. The van der Waals surface area contributed by atoms with Gasteiger partial charge in [0.05, 0.1) is 6.10 Å². The van der Waals surface area contributed by atoms with E-state index in [0.717, 1.165) is 13.0 Å². The molecule has 0 spiro atoms. The molecule has 2 atom stereocenters. The average molecular weight is 275 g/mol. The molecule has 0 aliphatic carbocycles. The van der Waals surface area contributed by atoms with Gasteiger partial charge in [0.2, 0.25) is 0 Å². The second-order valence-electron chi connectivity index (χ2n) is 4.88. The standard InChI is InChI=1S/C12H25N3O4/c1-8(2)15(4)7-5-6-13-12(19)14-10(9(3)16)11(17)18/h8-10,16H,5-7H2,1-4H3,(H,17,18)(H2,13,14,19)/t9-,10+/m1/s1. The van der Waals surface area contributed by atoms with Crippen molar-refractivity contribution < 1.29 is 19.8 Å². The SMILES string of the molecule is CC(C)N(C)CCCNC(=O)N[C@H](C(=O)O)[C@@H](C)O. The topological polar surface area (TPSA) is 102 Å². The fourth-order valence-corrected chi connectivity index (χ4v) is 1.37. The second-order valence-corrected chi connectivity index (χ2v) is 4.88. The lowest BCUT2D eigenvalue weighted by molar-refractivity contribution is -0.141. The Balaban J connectivity index is 3.90. The van der Waals surface area contributed by atoms with Crippen molar-refractivity contribution >= 4 is 12.0 Å². The molecule has 0 aromatic rings. The van der Waals surface area contributed by atoms with Gasteiger partial charge in [0.1, 0.15) is 0 Å². The van der Waals surface area contributed by atoms with Crippen LogP contribution in [0.2, 0.25) is 0 Å². The van der Waals surface area contributed by atoms with Gasteiger partial charge in [-0.3, -0.25) is 0 Å². The Hall–Kier alpha value is -1.34. The Bertz CT molecular complexity index is 295. The molecule has 0 aromatic heterocycles. The number of amides is 2. The molecule has 112 valence electrons. The van der Waals surface area contributed by atoms with Crippen LogP contribution in [0.25, 0.3) is 0 Å². The largest absolute Gasteiger partial charge is 0.480 e. The molecule has 7 nitrogen and oxygen atoms in total. The predicted octanol–water partition coefficient (Wildman–Crippen LogP) is -0.150. The molecule has 0 aliphatic rings. The van der Waals surface area contributed by atoms with Crippen LogP contribution in [-0.4, -0.2) is 65.4 Å². The molecule has 4 N–H and O–H groups in total. The number of rotatable bonds is 8. The van der Waals surface area contributed by atoms with E-state index in [9.17, 15) is 14.7 Å². The molecular weight excluding hydrogens is 250 g/mol. The van der Waals surface area contributed by atoms with Gasteiger partial charge in [-0.05, 0) is 40.8 Å². The minimum absolute atomic E-state index is 0.445. The van der Waals surface area contributed by atoms with Crippen LogP contribution in [0.3, 0.4) is 0 Å². The summed E-state index contributed by atoms with van der Waals surface area (Å²) in [5, 5.41) is 22.8. The third-order valence-electron chi connectivity index (χ3n) is 2.89. The summed E-state index contributed by atoms with van der Waals surface area (Å²) in [5.74, 6) is -1.26. The predicted molar refractivity (Wildman–Crippen MR) is 72.0 cm³/mol. The van der Waals surface area contributed by atoms with Crippen molar-refractivity contribution in [2.75, 3.05) is 20.1 Å². The van der Waals surface area contributed by atoms with Crippen LogP contribution in [0, 0.1) is 0 Å². The number of carbonyl (C=O) groups excluding carboxylic acids is 1. The smallest absolute Gasteiger partial charge is 0.328 e. The molecule has 19 heavy (non-hydrogen) atoms. The summed E-state index contributed by atoms with van der Waals surface area (Å²) in [6.45, 7) is 6.78. The van der Waals surface area contributed by atoms with Gasteiger partial charge in [0.25, 0.3) is 0 Å². The number of carboxylic acids is 1. The molecule has 0 saturated carbocycles. The number of nitrogens with one attached hydrogen (secondary N) is 2. The highest BCUT2D eigenvalue weighted by Crippen LogP contribution is 1.95. The van der Waals surface area contributed by atoms with Gasteiger partial charge >= 0.3 is 12.0 Å². The Labute approximate surface area is 114 Å². The van der Waals surface area contributed by atoms with Crippen molar-refractivity contribution in [3.63, 3.8) is 0 Å². The maximum absolute atomic E-state index is 11.4. The van der Waals surface area contributed by atoms with E-state index in [1.165, 1.54) is 6.92 Å². The Morgan fingerprint density at radius 3 is 2.26 bits per heavy atom. The first-order chi connectivity index (χ1) is 8.75. The highest BCUT2D eigenvalue weighted by molar-refractivity contribution is 5.82. The Kier molecular flexibility index (Phi) is 8.09. The van der Waals surface area contributed by atoms with Gasteiger partial charge in [-0.1, -0.05) is 0 Å². The van der Waals surface area contributed by atoms with Crippen molar-refractivity contribution in [2.45, 2.75) is 45.4 Å². The molecule has 0 rings (SSSR count). The van der Waals surface area contributed by atoms with Crippen molar-refractivity contribution in [2.24, 2.45) is 0 Å². The second kappa shape index (κ2) is 8.71. The third kappa shape index (κ3) is 7.63. The van der Waals surface area contributed by atoms with E-state index < -0.39 is 24.1 Å². The summed E-state index contributed by atoms with van der Waals surface area (Å²) >= 11 is 0. The van der Waals surface area contributed by atoms with E-state index in [-0.39, 0.29) is 0 Å². The third-order valence-corrected chi connectivity index (χ3v) is 2.89. The van der Waals surface area contributed by atoms with Crippen molar-refractivity contribution in [3.05, 3.63) is 0 Å². The number of hydrogen-bond donors (Lipinski definition) is 4. The molecule has 0 aromatic carbocycles. The summed E-state index contributed by atoms with van der Waals surface area (Å²) < 4.78 is 0. The molecule has 0 radical (unpaired) electrons. The quantitative estimate of drug-likeness (QED) is 0.461. The number of carboxylic acid groups (broad SMARTS) is 1. The van der Waals surface area contributed by atoms with Crippen LogP contribution in [0.15, 0.2) is 0 Å². The summed E-state index contributed by atoms with van der Waals surface area (Å²) in [4.78, 5) is 24.3. The summed E-state index contributed by atoms with van der Waals surface area (Å²) in [6.07, 6.45) is -0.371. The summed E-state index contributed by atoms with van der Waals surface area (Å²) in [5.41, 5.74) is 0. The lowest BCUT2D eigenvalue weighted by atomic mass is 10.2. The highest BCUT2D eigenvalue weighted by atomic mass is 16.4. The van der Waals surface area contributed by atoms with E-state index in [1.807, 2.05) is 7.05 Å². The zero-order valence-electron chi connectivity index (χ0n) is 12.0. The number of urea groups is 1. The number of aliphatic hydroxyl groups is 1. The van der Waals surface area contributed by atoms with Crippen molar-refractivity contribution in [1.82, 2.24) is 15.5 Å². The first kappa shape index (κ1) is 17.7. The van der Waals surface area contributed by atoms with Crippen LogP contribution in [0.5, 0.6) is 0 Å². The summed E-state index contributed by atoms with van der Waals surface area (Å²) in [7, 11) is 2.00. The zero-order valence-corrected chi connectivity index (χ0v) is 12.0.